The first-order valence-corrected chi connectivity index (χ1v) is 5.22. The fraction of sp³-hybridized carbons (Fsp3) is 0.875. The molecule has 1 heterocycles. The van der Waals surface area contributed by atoms with Gasteiger partial charge in [-0.3, -0.25) is 4.79 Å². The van der Waals surface area contributed by atoms with Gasteiger partial charge in [0.2, 0.25) is 0 Å². The van der Waals surface area contributed by atoms with Crippen LogP contribution in [0.2, 0.25) is 0 Å². The van der Waals surface area contributed by atoms with Crippen molar-refractivity contribution in [1.82, 2.24) is 5.12 Å². The van der Waals surface area contributed by atoms with Crippen molar-refractivity contribution in [1.29, 1.82) is 0 Å². The molecule has 1 atom stereocenters. The van der Waals surface area contributed by atoms with Gasteiger partial charge in [0.1, 0.15) is 0 Å². The minimum Gasteiger partial charge on any atom is -0.254 e. The molecule has 1 aliphatic heterocycles. The topological polar surface area (TPSA) is 20.3 Å². The fourth-order valence-electron chi connectivity index (χ4n) is 1.75. The summed E-state index contributed by atoms with van der Waals surface area (Å²) in [6, 6.07) is -19.9. The highest BCUT2D eigenvalue weighted by Crippen LogP contribution is 2.69. The van der Waals surface area contributed by atoms with Crippen LogP contribution in [-0.4, -0.2) is 52.6 Å². The Balaban J connectivity index is 3.96. The summed E-state index contributed by atoms with van der Waals surface area (Å²) >= 11 is 0. The van der Waals surface area contributed by atoms with Crippen LogP contribution in [0.5, 0.6) is 0 Å². The second-order valence-corrected chi connectivity index (χ2v) is 4.59. The Morgan fingerprint density at radius 2 is 1.08 bits per heavy atom. The average molecular weight is 411 g/mol. The van der Waals surface area contributed by atoms with Crippen LogP contribution in [0.3, 0.4) is 0 Å². The summed E-state index contributed by atoms with van der Waals surface area (Å²) in [7, 11) is 0. The lowest BCUT2D eigenvalue weighted by molar-refractivity contribution is -0.542. The van der Waals surface area contributed by atoms with E-state index in [1.165, 1.54) is 0 Å². The summed E-state index contributed by atoms with van der Waals surface area (Å²) < 4.78 is 193. The maximum absolute atomic E-state index is 13.7. The summed E-state index contributed by atoms with van der Waals surface area (Å²) in [4.78, 5) is 9.69. The van der Waals surface area contributed by atoms with Gasteiger partial charge in [0.25, 0.3) is 0 Å². The van der Waals surface area contributed by atoms with Gasteiger partial charge in [-0.15, -0.1) is 4.48 Å². The van der Waals surface area contributed by atoms with Crippen LogP contribution in [0.1, 0.15) is 0 Å². The molecular weight excluding hydrogens is 411 g/mol. The van der Waals surface area contributed by atoms with Gasteiger partial charge in [0.05, 0.1) is 0 Å². The number of hydrogen-bond donors (Lipinski definition) is 0. The van der Waals surface area contributed by atoms with Gasteiger partial charge >= 0.3 is 47.5 Å². The van der Waals surface area contributed by atoms with Gasteiger partial charge in [-0.05, 0) is 5.12 Å². The molecule has 1 aliphatic rings. The molecule has 1 unspecified atom stereocenters. The maximum Gasteiger partial charge on any atom is 0.404 e. The number of carbonyl (C=O) groups is 1. The molecule has 0 spiro atoms. The van der Waals surface area contributed by atoms with E-state index in [0.29, 0.717) is 0 Å². The van der Waals surface area contributed by atoms with Crippen LogP contribution < -0.4 is 0 Å². The third-order valence-corrected chi connectivity index (χ3v) is 3.19. The van der Waals surface area contributed by atoms with Gasteiger partial charge in [-0.2, -0.15) is 57.1 Å². The average Bonchev–Trinajstić information content (AvgIpc) is 2.42. The number of nitrogens with zero attached hydrogens (tertiary/aromatic N) is 1. The lowest BCUT2D eigenvalue weighted by atomic mass is 9.77. The molecule has 0 aliphatic carbocycles. The van der Waals surface area contributed by atoms with Gasteiger partial charge in [-0.25, -0.2) is 4.39 Å². The largest absolute Gasteiger partial charge is 0.404 e. The zero-order valence-electron chi connectivity index (χ0n) is 10.5. The van der Waals surface area contributed by atoms with Crippen LogP contribution in [-0.2, 0) is 4.79 Å². The standard InChI is InChI=1S/C8F15NO/c9-1(25)2(10,11)4(13,14)3(12)5(15,16)6(17,18)8(21,22)24(23)7(3,19)20. The molecule has 1 fully saturated rings. The molecule has 0 radical (unpaired) electrons. The van der Waals surface area contributed by atoms with Crippen LogP contribution >= 0.6 is 0 Å². The first kappa shape index (κ1) is 21.6. The van der Waals surface area contributed by atoms with E-state index in [0.717, 1.165) is 0 Å². The zero-order chi connectivity index (χ0) is 20.7. The maximum atomic E-state index is 13.7. The quantitative estimate of drug-likeness (QED) is 0.302. The molecule has 1 rings (SSSR count). The number of rotatable bonds is 3. The van der Waals surface area contributed by atoms with E-state index >= 15 is 0 Å². The highest BCUT2D eigenvalue weighted by Gasteiger charge is 3.02. The van der Waals surface area contributed by atoms with E-state index in [-0.39, 0.29) is 0 Å². The first-order valence-electron chi connectivity index (χ1n) is 5.22. The van der Waals surface area contributed by atoms with Crippen LogP contribution in [0.4, 0.5) is 65.9 Å². The van der Waals surface area contributed by atoms with Crippen molar-refractivity contribution < 1.29 is 70.7 Å². The number of alkyl halides is 13. The summed E-state index contributed by atoms with van der Waals surface area (Å²) in [5.41, 5.74) is -8.20. The van der Waals surface area contributed by atoms with Crippen molar-refractivity contribution >= 4 is 6.04 Å². The van der Waals surface area contributed by atoms with Crippen LogP contribution in [0.15, 0.2) is 0 Å². The molecule has 0 N–H and O–H groups in total. The summed E-state index contributed by atoms with van der Waals surface area (Å²) in [6.45, 7) is 0. The monoisotopic (exact) mass is 411 g/mol. The molecule has 25 heavy (non-hydrogen) atoms. The third-order valence-electron chi connectivity index (χ3n) is 3.19. The molecule has 0 aromatic carbocycles. The number of piperidine rings is 1. The number of hydrogen-bond acceptors (Lipinski definition) is 2. The van der Waals surface area contributed by atoms with Crippen LogP contribution in [0.25, 0.3) is 0 Å². The highest BCUT2D eigenvalue weighted by molar-refractivity contribution is 5.78. The predicted octanol–water partition coefficient (Wildman–Crippen LogP) is 4.12. The highest BCUT2D eigenvalue weighted by atomic mass is 19.4. The second-order valence-electron chi connectivity index (χ2n) is 4.59. The van der Waals surface area contributed by atoms with Gasteiger partial charge in [-0.1, -0.05) is 0 Å². The Bertz CT molecular complexity index is 584. The van der Waals surface area contributed by atoms with E-state index in [1.807, 2.05) is 0 Å². The Morgan fingerprint density at radius 3 is 1.40 bits per heavy atom. The molecule has 0 aromatic heterocycles. The summed E-state index contributed by atoms with van der Waals surface area (Å²) in [5, 5.41) is -4.13. The van der Waals surface area contributed by atoms with E-state index in [2.05, 4.69) is 0 Å². The predicted molar refractivity (Wildman–Crippen MR) is 42.6 cm³/mol. The molecule has 0 amide bonds. The number of halogens is 15. The molecule has 148 valence electrons. The van der Waals surface area contributed by atoms with E-state index < -0.39 is 52.6 Å². The van der Waals surface area contributed by atoms with E-state index in [4.69, 9.17) is 0 Å². The Hall–Kier alpha value is -1.42. The van der Waals surface area contributed by atoms with Gasteiger partial charge in [0, 0.05) is 0 Å². The van der Waals surface area contributed by atoms with Gasteiger partial charge in [0.15, 0.2) is 0 Å². The minimum atomic E-state index is -8.20. The zero-order valence-corrected chi connectivity index (χ0v) is 10.5. The third kappa shape index (κ3) is 1.92. The Kier molecular flexibility index (Phi) is 4.19. The molecule has 2 nitrogen and oxygen atoms in total. The smallest absolute Gasteiger partial charge is 0.254 e. The van der Waals surface area contributed by atoms with Crippen molar-refractivity contribution in [2.45, 2.75) is 41.5 Å². The Morgan fingerprint density at radius 1 is 0.720 bits per heavy atom. The minimum absolute atomic E-state index is 4.13. The van der Waals surface area contributed by atoms with Crippen molar-refractivity contribution in [3.05, 3.63) is 0 Å². The van der Waals surface area contributed by atoms with Crippen molar-refractivity contribution in [3.8, 4) is 0 Å². The van der Waals surface area contributed by atoms with Crippen molar-refractivity contribution in [3.63, 3.8) is 0 Å². The molecule has 0 saturated carbocycles. The second kappa shape index (κ2) is 4.85. The van der Waals surface area contributed by atoms with E-state index in [1.54, 1.807) is 0 Å². The molecular formula is C8F15NO. The van der Waals surface area contributed by atoms with E-state index in [9.17, 15) is 70.7 Å². The lowest BCUT2D eigenvalue weighted by Gasteiger charge is -2.53. The van der Waals surface area contributed by atoms with Gasteiger partial charge < -0.3 is 0 Å². The Labute approximate surface area is 125 Å². The van der Waals surface area contributed by atoms with Crippen molar-refractivity contribution in [2.24, 2.45) is 0 Å². The lowest BCUT2D eigenvalue weighted by Crippen LogP contribution is -2.87. The fourth-order valence-corrected chi connectivity index (χ4v) is 1.75. The summed E-state index contributed by atoms with van der Waals surface area (Å²) in [5.74, 6) is -31.5. The molecule has 17 heteroatoms. The van der Waals surface area contributed by atoms with Crippen molar-refractivity contribution in [2.75, 3.05) is 0 Å². The normalized spacial score (nSPS) is 31.6. The first-order chi connectivity index (χ1) is 10.6. The molecule has 0 bridgehead atoms. The molecule has 0 aromatic rings. The SMILES string of the molecule is O=C(F)C(F)(F)C(F)(F)C1(F)C(F)(F)N(F)C(F)(F)C(F)(F)C1(F)F. The van der Waals surface area contributed by atoms with Crippen LogP contribution in [0, 0.1) is 0 Å². The summed E-state index contributed by atoms with van der Waals surface area (Å²) in [6.07, 6.45) is 0. The number of carbonyl (C=O) groups excluding carboxylic acids is 1. The molecule has 1 saturated heterocycles.